The minimum Gasteiger partial charge on any atom is -0.279 e. The lowest BCUT2D eigenvalue weighted by atomic mass is 9.83. The second kappa shape index (κ2) is 5.11. The molecule has 2 rings (SSSR count). The lowest BCUT2D eigenvalue weighted by Gasteiger charge is -2.30. The van der Waals surface area contributed by atoms with E-state index < -0.39 is 0 Å². The normalized spacial score (nSPS) is 22.3. The highest BCUT2D eigenvalue weighted by Gasteiger charge is 2.26. The van der Waals surface area contributed by atoms with Crippen molar-refractivity contribution in [3.8, 4) is 0 Å². The van der Waals surface area contributed by atoms with Crippen LogP contribution in [0, 0.1) is 12.8 Å². The monoisotopic (exact) mass is 257 g/mol. The van der Waals surface area contributed by atoms with Crippen molar-refractivity contribution in [2.45, 2.75) is 65.8 Å². The Morgan fingerprint density at radius 3 is 2.68 bits per heavy atom. The Morgan fingerprint density at radius 2 is 2.05 bits per heavy atom. The van der Waals surface area contributed by atoms with E-state index in [1.165, 1.54) is 21.7 Å². The lowest BCUT2D eigenvalue weighted by molar-refractivity contribution is 0.408. The minimum atomic E-state index is 0.0837. The van der Waals surface area contributed by atoms with Crippen molar-refractivity contribution in [3.05, 3.63) is 33.8 Å². The Labute approximate surface area is 117 Å². The first-order chi connectivity index (χ1) is 8.78. The lowest BCUT2D eigenvalue weighted by Crippen LogP contribution is -2.34. The summed E-state index contributed by atoms with van der Waals surface area (Å²) < 4.78 is 0. The number of aryl methyl sites for hydroxylation is 1. The number of benzene rings is 1. The zero-order valence-corrected chi connectivity index (χ0v) is 13.2. The summed E-state index contributed by atoms with van der Waals surface area (Å²) in [4.78, 5) is 4.95. The molecule has 1 heteroatoms. The van der Waals surface area contributed by atoms with Crippen LogP contribution in [0.25, 0.3) is 6.08 Å². The standard InChI is InChI=1S/C18H27N/c1-12(2)7-8-15-9-13(3)17-16(10-15)14(4)11-18(5,6)19-17/h8-10,12,14H,7,11H2,1-6H3/b15-8-. The minimum absolute atomic E-state index is 0.0837. The van der Waals surface area contributed by atoms with Crippen LogP contribution in [0.5, 0.6) is 0 Å². The molecule has 1 unspecified atom stereocenters. The van der Waals surface area contributed by atoms with Gasteiger partial charge in [0.25, 0.3) is 0 Å². The van der Waals surface area contributed by atoms with Crippen molar-refractivity contribution >= 4 is 6.08 Å². The molecular formula is C18H27N. The summed E-state index contributed by atoms with van der Waals surface area (Å²) in [7, 11) is 0. The smallest absolute Gasteiger partial charge is 0.0645 e. The SMILES string of the molecule is Cc1c/c(=C/CC(C)C)cc2c1=NC(C)(C)CC2C. The van der Waals surface area contributed by atoms with E-state index >= 15 is 0 Å². The van der Waals surface area contributed by atoms with Crippen molar-refractivity contribution < 1.29 is 0 Å². The van der Waals surface area contributed by atoms with E-state index in [1.807, 2.05) is 0 Å². The Hall–Kier alpha value is -1.11. The van der Waals surface area contributed by atoms with Crippen molar-refractivity contribution in [2.24, 2.45) is 10.9 Å². The largest absolute Gasteiger partial charge is 0.279 e. The third-order valence-corrected chi connectivity index (χ3v) is 3.93. The van der Waals surface area contributed by atoms with Gasteiger partial charge in [-0.1, -0.05) is 32.9 Å². The van der Waals surface area contributed by atoms with Crippen LogP contribution in [0.4, 0.5) is 0 Å². The quantitative estimate of drug-likeness (QED) is 0.765. The Balaban J connectivity index is 2.57. The number of nitrogens with zero attached hydrogens (tertiary/aromatic N) is 1. The summed E-state index contributed by atoms with van der Waals surface area (Å²) in [5.41, 5.74) is 2.85. The Kier molecular flexibility index (Phi) is 3.85. The molecule has 0 radical (unpaired) electrons. The molecule has 0 fully saturated rings. The molecule has 1 aromatic carbocycles. The molecule has 1 heterocycles. The molecule has 1 aromatic rings. The maximum Gasteiger partial charge on any atom is 0.0645 e. The highest BCUT2D eigenvalue weighted by Crippen LogP contribution is 2.29. The van der Waals surface area contributed by atoms with Gasteiger partial charge in [-0.25, -0.2) is 0 Å². The van der Waals surface area contributed by atoms with Crippen LogP contribution in [0.15, 0.2) is 17.1 Å². The summed E-state index contributed by atoms with van der Waals surface area (Å²) in [5.74, 6) is 1.32. The zero-order chi connectivity index (χ0) is 14.2. The van der Waals surface area contributed by atoms with Gasteiger partial charge in [0.05, 0.1) is 10.9 Å². The van der Waals surface area contributed by atoms with Crippen LogP contribution in [-0.4, -0.2) is 5.54 Å². The maximum atomic E-state index is 4.95. The predicted octanol–water partition coefficient (Wildman–Crippen LogP) is 3.73. The summed E-state index contributed by atoms with van der Waals surface area (Å²) in [6, 6.07) is 4.65. The molecule has 0 bridgehead atoms. The van der Waals surface area contributed by atoms with Gasteiger partial charge >= 0.3 is 0 Å². The molecule has 0 saturated heterocycles. The molecule has 19 heavy (non-hydrogen) atoms. The van der Waals surface area contributed by atoms with Gasteiger partial charge < -0.3 is 0 Å². The van der Waals surface area contributed by atoms with E-state index in [9.17, 15) is 0 Å². The molecule has 0 aromatic heterocycles. The molecule has 1 aliphatic heterocycles. The van der Waals surface area contributed by atoms with Gasteiger partial charge in [-0.2, -0.15) is 0 Å². The molecule has 104 valence electrons. The fraction of sp³-hybridized carbons (Fsp3) is 0.611. The fourth-order valence-electron chi connectivity index (χ4n) is 3.06. The molecule has 0 amide bonds. The first-order valence-electron chi connectivity index (χ1n) is 7.49. The summed E-state index contributed by atoms with van der Waals surface area (Å²) in [5, 5.41) is 2.61. The molecule has 0 N–H and O–H groups in total. The second-order valence-electron chi connectivity index (χ2n) is 7.14. The van der Waals surface area contributed by atoms with E-state index in [2.05, 4.69) is 59.8 Å². The first-order valence-corrected chi connectivity index (χ1v) is 7.49. The number of hydrogen-bond donors (Lipinski definition) is 0. The molecule has 1 atom stereocenters. The van der Waals surface area contributed by atoms with Crippen LogP contribution >= 0.6 is 0 Å². The molecule has 0 saturated carbocycles. The van der Waals surface area contributed by atoms with Crippen LogP contribution in [-0.2, 0) is 0 Å². The van der Waals surface area contributed by atoms with Crippen molar-refractivity contribution in [1.82, 2.24) is 0 Å². The van der Waals surface area contributed by atoms with Crippen LogP contribution in [0.3, 0.4) is 0 Å². The summed E-state index contributed by atoms with van der Waals surface area (Å²) >= 11 is 0. The Morgan fingerprint density at radius 1 is 1.37 bits per heavy atom. The topological polar surface area (TPSA) is 12.4 Å². The number of rotatable bonds is 2. The first kappa shape index (κ1) is 14.3. The third-order valence-electron chi connectivity index (χ3n) is 3.93. The molecular weight excluding hydrogens is 230 g/mol. The van der Waals surface area contributed by atoms with Gasteiger partial charge in [-0.05, 0) is 67.9 Å². The van der Waals surface area contributed by atoms with Crippen molar-refractivity contribution in [3.63, 3.8) is 0 Å². The van der Waals surface area contributed by atoms with Gasteiger partial charge in [0.1, 0.15) is 0 Å². The number of hydrogen-bond acceptors (Lipinski definition) is 1. The molecule has 0 aliphatic carbocycles. The third kappa shape index (κ3) is 3.26. The highest BCUT2D eigenvalue weighted by atomic mass is 14.8. The van der Waals surface area contributed by atoms with E-state index in [1.54, 1.807) is 0 Å². The average Bonchev–Trinajstić information content (AvgIpc) is 2.27. The van der Waals surface area contributed by atoms with Gasteiger partial charge in [0.2, 0.25) is 0 Å². The van der Waals surface area contributed by atoms with E-state index in [0.29, 0.717) is 5.92 Å². The van der Waals surface area contributed by atoms with Gasteiger partial charge in [-0.3, -0.25) is 4.99 Å². The summed E-state index contributed by atoms with van der Waals surface area (Å²) in [6.07, 6.45) is 4.66. The fourth-order valence-corrected chi connectivity index (χ4v) is 3.06. The van der Waals surface area contributed by atoms with Gasteiger partial charge in [0, 0.05) is 0 Å². The van der Waals surface area contributed by atoms with Crippen molar-refractivity contribution in [1.29, 1.82) is 0 Å². The van der Waals surface area contributed by atoms with E-state index in [0.717, 1.165) is 18.8 Å². The van der Waals surface area contributed by atoms with E-state index in [4.69, 9.17) is 4.99 Å². The average molecular weight is 257 g/mol. The molecule has 1 aliphatic rings. The van der Waals surface area contributed by atoms with Crippen LogP contribution < -0.4 is 10.6 Å². The van der Waals surface area contributed by atoms with Crippen LogP contribution in [0.1, 0.15) is 64.5 Å². The van der Waals surface area contributed by atoms with E-state index in [-0.39, 0.29) is 5.54 Å². The predicted molar refractivity (Wildman–Crippen MR) is 83.0 cm³/mol. The van der Waals surface area contributed by atoms with Crippen molar-refractivity contribution in [2.75, 3.05) is 0 Å². The Bertz CT molecular complexity index is 578. The molecule has 1 nitrogen and oxygen atoms in total. The zero-order valence-electron chi connectivity index (χ0n) is 13.2. The maximum absolute atomic E-state index is 4.95. The van der Waals surface area contributed by atoms with Crippen LogP contribution in [0.2, 0.25) is 0 Å². The van der Waals surface area contributed by atoms with Gasteiger partial charge in [-0.15, -0.1) is 0 Å². The highest BCUT2D eigenvalue weighted by molar-refractivity contribution is 5.34. The second-order valence-corrected chi connectivity index (χ2v) is 7.14. The molecule has 0 spiro atoms. The number of fused-ring (bicyclic) bond motifs is 1. The van der Waals surface area contributed by atoms with Gasteiger partial charge in [0.15, 0.2) is 0 Å². The summed E-state index contributed by atoms with van der Waals surface area (Å²) in [6.45, 7) is 13.5.